The quantitative estimate of drug-likeness (QED) is 0.431. The summed E-state index contributed by atoms with van der Waals surface area (Å²) in [4.78, 5) is 24.5. The molecule has 0 N–H and O–H groups in total. The zero-order valence-electron chi connectivity index (χ0n) is 13.3. The van der Waals surface area contributed by atoms with Gasteiger partial charge in [0, 0.05) is 23.4 Å². The summed E-state index contributed by atoms with van der Waals surface area (Å²) in [5.41, 5.74) is 0.683. The minimum absolute atomic E-state index is 0.0599. The van der Waals surface area contributed by atoms with Crippen molar-refractivity contribution in [3.05, 3.63) is 62.9 Å². The summed E-state index contributed by atoms with van der Waals surface area (Å²) < 4.78 is 1.91. The van der Waals surface area contributed by atoms with Gasteiger partial charge < -0.3 is 9.67 Å². The van der Waals surface area contributed by atoms with Crippen LogP contribution in [0.15, 0.2) is 52.1 Å². The van der Waals surface area contributed by atoms with Gasteiger partial charge in [-0.2, -0.15) is 0 Å². The van der Waals surface area contributed by atoms with E-state index in [0.717, 1.165) is 34.4 Å². The molecule has 4 heteroatoms. The van der Waals surface area contributed by atoms with E-state index in [1.54, 1.807) is 6.07 Å². The highest BCUT2D eigenvalue weighted by molar-refractivity contribution is 6.19. The Morgan fingerprint density at radius 1 is 1.00 bits per heavy atom. The van der Waals surface area contributed by atoms with Gasteiger partial charge >= 0.3 is 0 Å². The van der Waals surface area contributed by atoms with Crippen LogP contribution in [0.5, 0.6) is 5.75 Å². The maximum absolute atomic E-state index is 12.6. The second kappa shape index (κ2) is 5.34. The van der Waals surface area contributed by atoms with Crippen molar-refractivity contribution in [3.63, 3.8) is 0 Å². The summed E-state index contributed by atoms with van der Waals surface area (Å²) in [6, 6.07) is 12.0. The number of rotatable bonds is 3. The summed E-state index contributed by atoms with van der Waals surface area (Å²) in [5, 5.41) is 15.3. The third-order valence-corrected chi connectivity index (χ3v) is 4.63. The van der Waals surface area contributed by atoms with E-state index in [1.165, 1.54) is 12.1 Å². The lowest BCUT2D eigenvalue weighted by molar-refractivity contribution is -0.269. The van der Waals surface area contributed by atoms with Crippen LogP contribution in [0, 0.1) is 0 Å². The first-order valence-corrected chi connectivity index (χ1v) is 8.14. The molecule has 120 valence electrons. The molecule has 0 amide bonds. The topological polar surface area (TPSA) is 62.1 Å². The van der Waals surface area contributed by atoms with Gasteiger partial charge in [-0.15, -0.1) is 0 Å². The van der Waals surface area contributed by atoms with Crippen molar-refractivity contribution < 1.29 is 5.11 Å². The first-order valence-electron chi connectivity index (χ1n) is 8.14. The van der Waals surface area contributed by atoms with Gasteiger partial charge in [0.05, 0.1) is 11.0 Å². The average Bonchev–Trinajstić information content (AvgIpc) is 2.58. The minimum Gasteiger partial charge on any atom is -0.870 e. The molecule has 4 aromatic rings. The largest absolute Gasteiger partial charge is 0.870 e. The summed E-state index contributed by atoms with van der Waals surface area (Å²) in [6.07, 6.45) is 1.87. The van der Waals surface area contributed by atoms with Crippen LogP contribution in [-0.2, 0) is 6.54 Å². The summed E-state index contributed by atoms with van der Waals surface area (Å²) in [7, 11) is 0. The average molecular weight is 318 g/mol. The summed E-state index contributed by atoms with van der Waals surface area (Å²) in [5.74, 6) is -0.511. The van der Waals surface area contributed by atoms with E-state index in [2.05, 4.69) is 6.92 Å². The molecule has 3 aromatic carbocycles. The van der Waals surface area contributed by atoms with Crippen molar-refractivity contribution in [2.75, 3.05) is 0 Å². The third-order valence-electron chi connectivity index (χ3n) is 4.63. The van der Waals surface area contributed by atoms with E-state index in [1.807, 2.05) is 28.8 Å². The van der Waals surface area contributed by atoms with Gasteiger partial charge in [-0.3, -0.25) is 9.59 Å². The molecule has 0 atom stereocenters. The molecular weight excluding hydrogens is 302 g/mol. The number of fused-ring (bicyclic) bond motifs is 2. The number of nitrogens with zero attached hydrogens (tertiary/aromatic N) is 1. The molecule has 0 aliphatic rings. The SMILES string of the molecule is CCCCn1c2cc(=O)c([O-])cc2c2cccc3ccc(=O)c1c32. The van der Waals surface area contributed by atoms with Crippen LogP contribution in [0.25, 0.3) is 32.6 Å². The Hall–Kier alpha value is -2.88. The third kappa shape index (κ3) is 1.99. The number of benzene rings is 3. The van der Waals surface area contributed by atoms with Gasteiger partial charge in [0.2, 0.25) is 5.43 Å². The Morgan fingerprint density at radius 2 is 1.83 bits per heavy atom. The highest BCUT2D eigenvalue weighted by Crippen LogP contribution is 2.32. The van der Waals surface area contributed by atoms with Crippen LogP contribution in [-0.4, -0.2) is 4.57 Å². The van der Waals surface area contributed by atoms with Crippen molar-refractivity contribution in [3.8, 4) is 5.75 Å². The second-order valence-corrected chi connectivity index (χ2v) is 6.14. The fourth-order valence-electron chi connectivity index (χ4n) is 3.49. The number of hydrogen-bond acceptors (Lipinski definition) is 3. The molecule has 0 spiro atoms. The van der Waals surface area contributed by atoms with Crippen molar-refractivity contribution in [2.24, 2.45) is 0 Å². The summed E-state index contributed by atoms with van der Waals surface area (Å²) >= 11 is 0. The van der Waals surface area contributed by atoms with E-state index < -0.39 is 11.2 Å². The van der Waals surface area contributed by atoms with Gasteiger partial charge in [-0.05, 0) is 23.3 Å². The predicted molar refractivity (Wildman–Crippen MR) is 95.0 cm³/mol. The molecule has 0 fully saturated rings. The molecule has 24 heavy (non-hydrogen) atoms. The molecule has 0 saturated heterocycles. The van der Waals surface area contributed by atoms with E-state index in [0.29, 0.717) is 17.6 Å². The van der Waals surface area contributed by atoms with Gasteiger partial charge in [0.25, 0.3) is 0 Å². The number of unbranched alkanes of at least 4 members (excludes halogenated alkanes) is 1. The first kappa shape index (κ1) is 14.7. The highest BCUT2D eigenvalue weighted by Gasteiger charge is 2.14. The van der Waals surface area contributed by atoms with Gasteiger partial charge in [0.1, 0.15) is 0 Å². The summed E-state index contributed by atoms with van der Waals surface area (Å²) in [6.45, 7) is 2.72. The van der Waals surface area contributed by atoms with Gasteiger partial charge in [-0.1, -0.05) is 49.4 Å². The zero-order valence-corrected chi connectivity index (χ0v) is 13.3. The molecule has 0 bridgehead atoms. The van der Waals surface area contributed by atoms with Crippen molar-refractivity contribution >= 4 is 32.6 Å². The fourth-order valence-corrected chi connectivity index (χ4v) is 3.49. The van der Waals surface area contributed by atoms with Crippen LogP contribution in [0.3, 0.4) is 0 Å². The lowest BCUT2D eigenvalue weighted by atomic mass is 9.99. The number of hydrogen-bond donors (Lipinski definition) is 0. The van der Waals surface area contributed by atoms with Gasteiger partial charge in [0.15, 0.2) is 5.43 Å². The Balaban J connectivity index is 2.34. The maximum Gasteiger partial charge on any atom is 0.202 e. The van der Waals surface area contributed by atoms with Crippen LogP contribution in [0.2, 0.25) is 0 Å². The normalized spacial score (nSPS) is 11.7. The van der Waals surface area contributed by atoms with Crippen LogP contribution < -0.4 is 16.0 Å². The Kier molecular flexibility index (Phi) is 3.27. The van der Waals surface area contributed by atoms with E-state index in [-0.39, 0.29) is 5.43 Å². The second-order valence-electron chi connectivity index (χ2n) is 6.14. The molecule has 0 saturated carbocycles. The van der Waals surface area contributed by atoms with Crippen molar-refractivity contribution in [2.45, 2.75) is 26.3 Å². The van der Waals surface area contributed by atoms with Gasteiger partial charge in [-0.25, -0.2) is 0 Å². The smallest absolute Gasteiger partial charge is 0.202 e. The lowest BCUT2D eigenvalue weighted by Crippen LogP contribution is -2.15. The standard InChI is InChI=1S/C20H17NO3/c1-2-3-9-21-15-11-18(24)17(23)10-14(15)13-6-4-5-12-7-8-16(22)20(21)19(12)13/h4-8,10-11,23H,2-3,9H2,1H3/p-1. The maximum atomic E-state index is 12.6. The lowest BCUT2D eigenvalue weighted by Gasteiger charge is -2.19. The fraction of sp³-hybridized carbons (Fsp3) is 0.200. The van der Waals surface area contributed by atoms with E-state index in [9.17, 15) is 14.7 Å². The highest BCUT2D eigenvalue weighted by atomic mass is 16.3. The van der Waals surface area contributed by atoms with Crippen LogP contribution >= 0.6 is 0 Å². The van der Waals surface area contributed by atoms with Crippen molar-refractivity contribution in [1.29, 1.82) is 0 Å². The zero-order chi connectivity index (χ0) is 16.8. The molecule has 0 aliphatic carbocycles. The van der Waals surface area contributed by atoms with Crippen molar-refractivity contribution in [1.82, 2.24) is 4.57 Å². The molecule has 0 radical (unpaired) electrons. The minimum atomic E-state index is -0.533. The number of pyridine rings is 1. The van der Waals surface area contributed by atoms with Crippen LogP contribution in [0.4, 0.5) is 0 Å². The molecule has 4 rings (SSSR count). The molecular formula is C20H16NO3-. The number of aromatic nitrogens is 1. The molecule has 0 aliphatic heterocycles. The molecule has 4 nitrogen and oxygen atoms in total. The van der Waals surface area contributed by atoms with E-state index >= 15 is 0 Å². The Morgan fingerprint density at radius 3 is 2.62 bits per heavy atom. The first-order chi connectivity index (χ1) is 11.6. The Labute approximate surface area is 137 Å². The monoisotopic (exact) mass is 318 g/mol. The predicted octanol–water partition coefficient (Wildman–Crippen LogP) is 2.98. The Bertz CT molecular complexity index is 1190. The molecule has 1 aromatic heterocycles. The van der Waals surface area contributed by atoms with E-state index in [4.69, 9.17) is 0 Å². The molecule has 1 heterocycles. The number of aryl methyl sites for hydroxylation is 1. The van der Waals surface area contributed by atoms with Crippen LogP contribution in [0.1, 0.15) is 19.8 Å². The molecule has 0 unspecified atom stereocenters.